The highest BCUT2D eigenvalue weighted by atomic mass is 35.5. The number of nitrogens with one attached hydrogen (secondary N) is 1. The van der Waals surface area contributed by atoms with Gasteiger partial charge in [-0.25, -0.2) is 18.1 Å². The molecule has 2 aromatic heterocycles. The summed E-state index contributed by atoms with van der Waals surface area (Å²) in [6, 6.07) is 8.53. The number of sulfone groups is 1. The van der Waals surface area contributed by atoms with Crippen LogP contribution in [0.2, 0.25) is 0 Å². The van der Waals surface area contributed by atoms with Crippen molar-refractivity contribution in [3.8, 4) is 17.4 Å². The predicted molar refractivity (Wildman–Crippen MR) is 116 cm³/mol. The zero-order valence-corrected chi connectivity index (χ0v) is 19.4. The van der Waals surface area contributed by atoms with E-state index >= 15 is 0 Å². The maximum Gasteiger partial charge on any atom is 0.394 e. The standard InChI is InChI=1S/C21H18ClF3N4O5S/c22-27-18(31)15-5-6-16(26-19(15)35(32,33)14-3-1-13(30)2-4-14)29-11-7-17(28-29)34-12-10-20(8-9-20)21(23,24)25/h1-7,11,30H,8-10,12H2,(H,27,31). The number of halogens is 4. The third-order valence-corrected chi connectivity index (χ3v) is 7.55. The zero-order chi connectivity index (χ0) is 25.4. The highest BCUT2D eigenvalue weighted by Crippen LogP contribution is 2.59. The van der Waals surface area contributed by atoms with E-state index in [4.69, 9.17) is 16.5 Å². The number of amides is 1. The van der Waals surface area contributed by atoms with E-state index in [1.165, 1.54) is 36.5 Å². The predicted octanol–water partition coefficient (Wildman–Crippen LogP) is 3.80. The van der Waals surface area contributed by atoms with Crippen LogP contribution in [0.1, 0.15) is 29.6 Å². The molecule has 0 atom stereocenters. The van der Waals surface area contributed by atoms with Gasteiger partial charge in [-0.1, -0.05) is 0 Å². The van der Waals surface area contributed by atoms with Gasteiger partial charge in [0.05, 0.1) is 22.5 Å². The SMILES string of the molecule is O=C(NCl)c1ccc(-n2ccc(OCCC3(C(F)(F)F)CC3)n2)nc1S(=O)(=O)c1ccc(O)cc1. The Labute approximate surface area is 202 Å². The van der Waals surface area contributed by atoms with Gasteiger partial charge in [0, 0.05) is 24.0 Å². The van der Waals surface area contributed by atoms with E-state index < -0.39 is 32.4 Å². The summed E-state index contributed by atoms with van der Waals surface area (Å²) in [5, 5.41) is 12.9. The number of phenolic OH excluding ortho intramolecular Hbond substituents is 1. The summed E-state index contributed by atoms with van der Waals surface area (Å²) >= 11 is 5.39. The van der Waals surface area contributed by atoms with Crippen molar-refractivity contribution in [1.82, 2.24) is 19.6 Å². The van der Waals surface area contributed by atoms with Gasteiger partial charge in [0.25, 0.3) is 5.91 Å². The van der Waals surface area contributed by atoms with Crippen LogP contribution in [0.3, 0.4) is 0 Å². The van der Waals surface area contributed by atoms with E-state index in [0.29, 0.717) is 0 Å². The number of carbonyl (C=O) groups excluding carboxylic acids is 1. The molecule has 0 spiro atoms. The number of phenols is 1. The number of rotatable bonds is 8. The molecule has 0 radical (unpaired) electrons. The molecule has 3 aromatic rings. The number of pyridine rings is 1. The molecular formula is C21H18ClF3N4O5S. The van der Waals surface area contributed by atoms with Crippen molar-refractivity contribution in [2.45, 2.75) is 35.4 Å². The number of ether oxygens (including phenoxy) is 1. The highest BCUT2D eigenvalue weighted by Gasteiger charge is 2.62. The summed E-state index contributed by atoms with van der Waals surface area (Å²) in [5.41, 5.74) is -2.03. The van der Waals surface area contributed by atoms with Crippen molar-refractivity contribution in [2.75, 3.05) is 6.61 Å². The van der Waals surface area contributed by atoms with Crippen molar-refractivity contribution in [2.24, 2.45) is 5.41 Å². The van der Waals surface area contributed by atoms with E-state index in [1.807, 2.05) is 4.84 Å². The largest absolute Gasteiger partial charge is 0.508 e. The van der Waals surface area contributed by atoms with Gasteiger partial charge in [-0.3, -0.25) is 9.63 Å². The van der Waals surface area contributed by atoms with Crippen molar-refractivity contribution < 1.29 is 36.2 Å². The van der Waals surface area contributed by atoms with Gasteiger partial charge in [0.15, 0.2) is 10.8 Å². The van der Waals surface area contributed by atoms with Gasteiger partial charge in [0.1, 0.15) is 5.75 Å². The van der Waals surface area contributed by atoms with Crippen LogP contribution in [0.25, 0.3) is 5.82 Å². The lowest BCUT2D eigenvalue weighted by atomic mass is 10.0. The van der Waals surface area contributed by atoms with Crippen LogP contribution in [0, 0.1) is 5.41 Å². The molecule has 1 aromatic carbocycles. The first-order valence-electron chi connectivity index (χ1n) is 10.2. The Kier molecular flexibility index (Phi) is 6.40. The van der Waals surface area contributed by atoms with Crippen LogP contribution < -0.4 is 9.57 Å². The lowest BCUT2D eigenvalue weighted by Crippen LogP contribution is -2.26. The van der Waals surface area contributed by atoms with Crippen LogP contribution >= 0.6 is 11.8 Å². The summed E-state index contributed by atoms with van der Waals surface area (Å²) in [6.07, 6.45) is -2.96. The van der Waals surface area contributed by atoms with Crippen LogP contribution in [-0.4, -0.2) is 47.0 Å². The maximum atomic E-state index is 13.2. The molecule has 4 rings (SSSR count). The lowest BCUT2D eigenvalue weighted by molar-refractivity contribution is -0.190. The number of carbonyl (C=O) groups is 1. The minimum atomic E-state index is -4.32. The lowest BCUT2D eigenvalue weighted by Gasteiger charge is -2.18. The Morgan fingerprint density at radius 2 is 1.86 bits per heavy atom. The maximum absolute atomic E-state index is 13.2. The molecule has 2 N–H and O–H groups in total. The number of hydrogen-bond acceptors (Lipinski definition) is 7. The van der Waals surface area contributed by atoms with E-state index in [0.717, 1.165) is 16.8 Å². The number of aromatic nitrogens is 3. The molecule has 1 aliphatic carbocycles. The molecule has 0 saturated heterocycles. The molecule has 1 saturated carbocycles. The fraction of sp³-hybridized carbons (Fsp3) is 0.286. The van der Waals surface area contributed by atoms with Gasteiger partial charge >= 0.3 is 6.18 Å². The Bertz CT molecular complexity index is 1360. The molecule has 0 bridgehead atoms. The number of aromatic hydroxyl groups is 1. The second-order valence-corrected chi connectivity index (χ2v) is 9.97. The molecule has 9 nitrogen and oxygen atoms in total. The molecule has 0 unspecified atom stereocenters. The normalized spacial score (nSPS) is 15.0. The van der Waals surface area contributed by atoms with Crippen LogP contribution in [0.4, 0.5) is 13.2 Å². The monoisotopic (exact) mass is 530 g/mol. The van der Waals surface area contributed by atoms with Crippen LogP contribution in [0.15, 0.2) is 58.6 Å². The first-order chi connectivity index (χ1) is 16.5. The zero-order valence-electron chi connectivity index (χ0n) is 17.8. The third-order valence-electron chi connectivity index (χ3n) is 5.66. The van der Waals surface area contributed by atoms with Crippen molar-refractivity contribution in [3.05, 3.63) is 54.2 Å². The van der Waals surface area contributed by atoms with Gasteiger partial charge in [-0.15, -0.1) is 5.10 Å². The molecule has 1 amide bonds. The summed E-state index contributed by atoms with van der Waals surface area (Å²) < 4.78 is 72.0. The fourth-order valence-corrected chi connectivity index (χ4v) is 4.90. The van der Waals surface area contributed by atoms with Gasteiger partial charge in [0.2, 0.25) is 15.7 Å². The van der Waals surface area contributed by atoms with E-state index in [2.05, 4.69) is 10.1 Å². The van der Waals surface area contributed by atoms with Crippen LogP contribution in [-0.2, 0) is 9.84 Å². The Morgan fingerprint density at radius 1 is 1.17 bits per heavy atom. The fourth-order valence-electron chi connectivity index (χ4n) is 3.41. The molecule has 0 aliphatic heterocycles. The summed E-state index contributed by atoms with van der Waals surface area (Å²) in [4.78, 5) is 17.9. The van der Waals surface area contributed by atoms with Gasteiger partial charge in [-0.2, -0.15) is 13.2 Å². The Morgan fingerprint density at radius 3 is 2.46 bits per heavy atom. The minimum absolute atomic E-state index is 0.00252. The molecule has 35 heavy (non-hydrogen) atoms. The van der Waals surface area contributed by atoms with E-state index in [1.54, 1.807) is 0 Å². The third kappa shape index (κ3) is 4.91. The van der Waals surface area contributed by atoms with E-state index in [-0.39, 0.29) is 53.8 Å². The number of nitrogens with zero attached hydrogens (tertiary/aromatic N) is 3. The molecule has 2 heterocycles. The quantitative estimate of drug-likeness (QED) is 0.425. The molecule has 1 fully saturated rings. The minimum Gasteiger partial charge on any atom is -0.508 e. The number of hydrogen-bond donors (Lipinski definition) is 2. The van der Waals surface area contributed by atoms with Crippen molar-refractivity contribution in [3.63, 3.8) is 0 Å². The van der Waals surface area contributed by atoms with E-state index in [9.17, 15) is 31.5 Å². The molecule has 186 valence electrons. The van der Waals surface area contributed by atoms with Crippen molar-refractivity contribution >= 4 is 27.5 Å². The first-order valence-corrected chi connectivity index (χ1v) is 12.0. The average Bonchev–Trinajstić information content (AvgIpc) is 3.48. The Hall–Kier alpha value is -3.32. The average molecular weight is 531 g/mol. The molecular weight excluding hydrogens is 513 g/mol. The summed E-state index contributed by atoms with van der Waals surface area (Å²) in [6.45, 7) is -0.195. The first kappa shape index (κ1) is 24.8. The molecule has 1 aliphatic rings. The van der Waals surface area contributed by atoms with Gasteiger partial charge < -0.3 is 9.84 Å². The topological polar surface area (TPSA) is 123 Å². The second kappa shape index (κ2) is 9.04. The van der Waals surface area contributed by atoms with Crippen molar-refractivity contribution in [1.29, 1.82) is 0 Å². The summed E-state index contributed by atoms with van der Waals surface area (Å²) in [7, 11) is -4.32. The second-order valence-electron chi connectivity index (χ2n) is 7.92. The molecule has 14 heteroatoms. The highest BCUT2D eigenvalue weighted by molar-refractivity contribution is 7.91. The Balaban J connectivity index is 1.60. The number of benzene rings is 1. The van der Waals surface area contributed by atoms with Crippen LogP contribution in [0.5, 0.6) is 11.6 Å². The number of alkyl halides is 3. The smallest absolute Gasteiger partial charge is 0.394 e. The summed E-state index contributed by atoms with van der Waals surface area (Å²) in [5.74, 6) is -1.05. The van der Waals surface area contributed by atoms with Gasteiger partial charge in [-0.05, 0) is 55.7 Å².